The number of esters is 1. The van der Waals surface area contributed by atoms with Gasteiger partial charge in [0, 0.05) is 23.2 Å². The molecular formula is C25H26N2O5. The second kappa shape index (κ2) is 10.9. The van der Waals surface area contributed by atoms with E-state index in [9.17, 15) is 9.59 Å². The van der Waals surface area contributed by atoms with Crippen LogP contribution in [0.2, 0.25) is 0 Å². The topological polar surface area (TPSA) is 86.8 Å². The van der Waals surface area contributed by atoms with Gasteiger partial charge in [-0.1, -0.05) is 18.2 Å². The molecule has 0 aliphatic heterocycles. The van der Waals surface area contributed by atoms with Gasteiger partial charge in [0.05, 0.1) is 38.6 Å². The summed E-state index contributed by atoms with van der Waals surface area (Å²) < 4.78 is 15.7. The number of rotatable bonds is 9. The number of nitrogens with zero attached hydrogens (tertiary/aromatic N) is 1. The second-order valence-electron chi connectivity index (χ2n) is 6.90. The molecule has 1 aromatic heterocycles. The third kappa shape index (κ3) is 5.85. The molecule has 2 aromatic carbocycles. The Balaban J connectivity index is 1.73. The number of hydrogen-bond acceptors (Lipinski definition) is 6. The summed E-state index contributed by atoms with van der Waals surface area (Å²) in [7, 11) is 3.24. The van der Waals surface area contributed by atoms with Crippen molar-refractivity contribution in [3.8, 4) is 34.0 Å². The van der Waals surface area contributed by atoms with Gasteiger partial charge in [-0.25, -0.2) is 4.98 Å². The molecule has 0 bridgehead atoms. The highest BCUT2D eigenvalue weighted by Crippen LogP contribution is 2.33. The molecule has 0 fully saturated rings. The summed E-state index contributed by atoms with van der Waals surface area (Å²) in [5, 5.41) is 2.79. The van der Waals surface area contributed by atoms with Crippen LogP contribution in [0.15, 0.2) is 60.7 Å². The Morgan fingerprint density at radius 1 is 0.906 bits per heavy atom. The van der Waals surface area contributed by atoms with Crippen LogP contribution in [0.4, 0.5) is 5.69 Å². The molecule has 0 radical (unpaired) electrons. The van der Waals surface area contributed by atoms with Crippen LogP contribution in [0.3, 0.4) is 0 Å². The van der Waals surface area contributed by atoms with Crippen molar-refractivity contribution in [2.24, 2.45) is 0 Å². The van der Waals surface area contributed by atoms with Crippen LogP contribution in [0, 0.1) is 0 Å². The quantitative estimate of drug-likeness (QED) is 0.491. The maximum Gasteiger partial charge on any atom is 0.306 e. The van der Waals surface area contributed by atoms with Crippen LogP contribution in [-0.2, 0) is 14.3 Å². The van der Waals surface area contributed by atoms with Gasteiger partial charge >= 0.3 is 5.97 Å². The summed E-state index contributed by atoms with van der Waals surface area (Å²) in [4.78, 5) is 28.2. The number of anilines is 1. The van der Waals surface area contributed by atoms with Crippen LogP contribution >= 0.6 is 0 Å². The van der Waals surface area contributed by atoms with Gasteiger partial charge in [-0.05, 0) is 49.4 Å². The Hall–Kier alpha value is -3.87. The Labute approximate surface area is 187 Å². The summed E-state index contributed by atoms with van der Waals surface area (Å²) in [5.74, 6) is 0.806. The average molecular weight is 434 g/mol. The van der Waals surface area contributed by atoms with E-state index in [1.807, 2.05) is 48.5 Å². The van der Waals surface area contributed by atoms with Crippen LogP contribution in [0.1, 0.15) is 19.8 Å². The molecule has 0 unspecified atom stereocenters. The zero-order chi connectivity index (χ0) is 22.9. The van der Waals surface area contributed by atoms with Gasteiger partial charge in [-0.2, -0.15) is 0 Å². The van der Waals surface area contributed by atoms with E-state index in [0.29, 0.717) is 18.0 Å². The smallest absolute Gasteiger partial charge is 0.306 e. The van der Waals surface area contributed by atoms with E-state index in [4.69, 9.17) is 19.2 Å². The lowest BCUT2D eigenvalue weighted by molar-refractivity contribution is -0.144. The minimum atomic E-state index is -0.378. The van der Waals surface area contributed by atoms with Crippen molar-refractivity contribution >= 4 is 17.6 Å². The molecule has 7 nitrogen and oxygen atoms in total. The van der Waals surface area contributed by atoms with Gasteiger partial charge in [-0.15, -0.1) is 0 Å². The highest BCUT2D eigenvalue weighted by Gasteiger charge is 2.11. The minimum absolute atomic E-state index is 0.0577. The first-order chi connectivity index (χ1) is 15.5. The van der Waals surface area contributed by atoms with Crippen LogP contribution in [-0.4, -0.2) is 37.7 Å². The predicted octanol–water partition coefficient (Wildman–Crippen LogP) is 4.71. The number of ether oxygens (including phenoxy) is 3. The molecule has 1 N–H and O–H groups in total. The first-order valence-electron chi connectivity index (χ1n) is 10.3. The van der Waals surface area contributed by atoms with Gasteiger partial charge in [0.2, 0.25) is 5.91 Å². The molecule has 1 amide bonds. The van der Waals surface area contributed by atoms with Gasteiger partial charge in [-0.3, -0.25) is 9.59 Å². The van der Waals surface area contributed by atoms with Gasteiger partial charge in [0.1, 0.15) is 11.5 Å². The molecule has 1 heterocycles. The number of methoxy groups -OCH3 is 2. The fourth-order valence-electron chi connectivity index (χ4n) is 3.16. The molecule has 0 aliphatic rings. The van der Waals surface area contributed by atoms with Crippen LogP contribution in [0.25, 0.3) is 22.5 Å². The van der Waals surface area contributed by atoms with Crippen molar-refractivity contribution in [1.29, 1.82) is 0 Å². The number of aromatic nitrogens is 1. The predicted molar refractivity (Wildman–Crippen MR) is 123 cm³/mol. The standard InChI is InChI=1S/C25H26N2O5/c1-4-32-25(29)15-14-24(28)26-18-10-8-17(9-11-18)21-6-5-7-22(27-21)20-16-19(30-2)12-13-23(20)31-3/h5-13,16H,4,14-15H2,1-3H3,(H,26,28). The largest absolute Gasteiger partial charge is 0.497 e. The van der Waals surface area contributed by atoms with E-state index in [1.165, 1.54) is 0 Å². The minimum Gasteiger partial charge on any atom is -0.497 e. The summed E-state index contributed by atoms with van der Waals surface area (Å²) >= 11 is 0. The fraction of sp³-hybridized carbons (Fsp3) is 0.240. The summed E-state index contributed by atoms with van der Waals surface area (Å²) in [6.07, 6.45) is 0.134. The van der Waals surface area contributed by atoms with Crippen LogP contribution < -0.4 is 14.8 Å². The zero-order valence-electron chi connectivity index (χ0n) is 18.4. The highest BCUT2D eigenvalue weighted by molar-refractivity contribution is 5.92. The van der Waals surface area contributed by atoms with E-state index in [-0.39, 0.29) is 24.7 Å². The Bertz CT molecular complexity index is 1080. The second-order valence-corrected chi connectivity index (χ2v) is 6.90. The molecular weight excluding hydrogens is 408 g/mol. The number of carbonyl (C=O) groups excluding carboxylic acids is 2. The van der Waals surface area contributed by atoms with Gasteiger partial charge in [0.15, 0.2) is 0 Å². The molecule has 7 heteroatoms. The van der Waals surface area contributed by atoms with Crippen molar-refractivity contribution in [2.75, 3.05) is 26.1 Å². The Kier molecular flexibility index (Phi) is 7.80. The number of hydrogen-bond donors (Lipinski definition) is 1. The van der Waals surface area contributed by atoms with Crippen LogP contribution in [0.5, 0.6) is 11.5 Å². The third-order valence-electron chi connectivity index (χ3n) is 4.76. The number of pyridine rings is 1. The molecule has 0 saturated carbocycles. The van der Waals surface area contributed by atoms with Crippen molar-refractivity contribution in [1.82, 2.24) is 4.98 Å². The lowest BCUT2D eigenvalue weighted by Gasteiger charge is -2.11. The molecule has 0 atom stereocenters. The normalized spacial score (nSPS) is 10.3. The molecule has 0 spiro atoms. The molecule has 3 aromatic rings. The number of carbonyl (C=O) groups is 2. The maximum absolute atomic E-state index is 12.0. The first kappa shape index (κ1) is 22.8. The molecule has 0 aliphatic carbocycles. The monoisotopic (exact) mass is 434 g/mol. The van der Waals surface area contributed by atoms with E-state index in [2.05, 4.69) is 5.32 Å². The van der Waals surface area contributed by atoms with Gasteiger partial charge < -0.3 is 19.5 Å². The van der Waals surface area contributed by atoms with E-state index in [1.54, 1.807) is 33.3 Å². The first-order valence-corrected chi connectivity index (χ1v) is 10.3. The van der Waals surface area contributed by atoms with Gasteiger partial charge in [0.25, 0.3) is 0 Å². The maximum atomic E-state index is 12.0. The molecule has 3 rings (SSSR count). The lowest BCUT2D eigenvalue weighted by atomic mass is 10.1. The fourth-order valence-corrected chi connectivity index (χ4v) is 3.16. The van der Waals surface area contributed by atoms with E-state index < -0.39 is 0 Å². The van der Waals surface area contributed by atoms with Crippen molar-refractivity contribution in [2.45, 2.75) is 19.8 Å². The number of amides is 1. The summed E-state index contributed by atoms with van der Waals surface area (Å²) in [6.45, 7) is 2.04. The molecule has 0 saturated heterocycles. The van der Waals surface area contributed by atoms with Crippen molar-refractivity contribution in [3.63, 3.8) is 0 Å². The third-order valence-corrected chi connectivity index (χ3v) is 4.76. The average Bonchev–Trinajstić information content (AvgIpc) is 2.83. The highest BCUT2D eigenvalue weighted by atomic mass is 16.5. The number of benzene rings is 2. The lowest BCUT2D eigenvalue weighted by Crippen LogP contribution is -2.14. The summed E-state index contributed by atoms with van der Waals surface area (Å²) in [5.41, 5.74) is 3.92. The summed E-state index contributed by atoms with van der Waals surface area (Å²) in [6, 6.07) is 18.7. The van der Waals surface area contributed by atoms with Crippen molar-refractivity contribution < 1.29 is 23.8 Å². The van der Waals surface area contributed by atoms with E-state index >= 15 is 0 Å². The zero-order valence-corrected chi connectivity index (χ0v) is 18.4. The molecule has 32 heavy (non-hydrogen) atoms. The van der Waals surface area contributed by atoms with E-state index in [0.717, 1.165) is 28.3 Å². The van der Waals surface area contributed by atoms with Crippen molar-refractivity contribution in [3.05, 3.63) is 60.7 Å². The SMILES string of the molecule is CCOC(=O)CCC(=O)Nc1ccc(-c2cccc(-c3cc(OC)ccc3OC)n2)cc1. The molecule has 166 valence electrons. The Morgan fingerprint density at radius 3 is 2.34 bits per heavy atom. The Morgan fingerprint density at radius 2 is 1.66 bits per heavy atom. The number of nitrogens with one attached hydrogen (secondary N) is 1.